The fourth-order valence-corrected chi connectivity index (χ4v) is 2.40. The first kappa shape index (κ1) is 17.2. The number of carbonyl (C=O) groups is 2. The van der Waals surface area contributed by atoms with Crippen LogP contribution in [0.4, 0.5) is 4.79 Å². The van der Waals surface area contributed by atoms with Crippen LogP contribution >= 0.6 is 0 Å². The summed E-state index contributed by atoms with van der Waals surface area (Å²) in [6.45, 7) is 10.6. The molecule has 1 aliphatic rings. The van der Waals surface area contributed by atoms with Crippen LogP contribution in [0.5, 0.6) is 0 Å². The first-order valence-electron chi connectivity index (χ1n) is 7.75. The van der Waals surface area contributed by atoms with E-state index in [1.807, 2.05) is 34.6 Å². The summed E-state index contributed by atoms with van der Waals surface area (Å²) in [6, 6.07) is -0.110. The molecule has 0 aromatic carbocycles. The number of amides is 2. The molecule has 0 radical (unpaired) electrons. The molecule has 2 heterocycles. The van der Waals surface area contributed by atoms with Gasteiger partial charge in [-0.3, -0.25) is 9.78 Å². The van der Waals surface area contributed by atoms with Gasteiger partial charge < -0.3 is 14.5 Å². The maximum absolute atomic E-state index is 12.5. The lowest BCUT2D eigenvalue weighted by molar-refractivity contribution is 0.00189. The minimum atomic E-state index is -0.527. The third-order valence-electron chi connectivity index (χ3n) is 3.54. The molecule has 2 amide bonds. The zero-order chi connectivity index (χ0) is 17.2. The Hall–Kier alpha value is -2.18. The van der Waals surface area contributed by atoms with E-state index in [2.05, 4.69) is 9.97 Å². The second-order valence-corrected chi connectivity index (χ2v) is 6.82. The smallest absolute Gasteiger partial charge is 0.410 e. The Morgan fingerprint density at radius 2 is 1.91 bits per heavy atom. The van der Waals surface area contributed by atoms with Gasteiger partial charge in [-0.1, -0.05) is 0 Å². The van der Waals surface area contributed by atoms with Crippen molar-refractivity contribution in [2.24, 2.45) is 0 Å². The van der Waals surface area contributed by atoms with Crippen LogP contribution in [-0.4, -0.2) is 63.0 Å². The summed E-state index contributed by atoms with van der Waals surface area (Å²) in [5.41, 5.74) is 0.569. The number of carbonyl (C=O) groups excluding carboxylic acids is 2. The highest BCUT2D eigenvalue weighted by molar-refractivity contribution is 5.92. The molecule has 0 saturated carbocycles. The molecule has 2 rings (SSSR count). The Balaban J connectivity index is 1.99. The first-order valence-corrected chi connectivity index (χ1v) is 7.75. The van der Waals surface area contributed by atoms with Crippen LogP contribution in [0.1, 0.15) is 43.9 Å². The Morgan fingerprint density at radius 3 is 2.43 bits per heavy atom. The number of aromatic nitrogens is 2. The summed E-state index contributed by atoms with van der Waals surface area (Å²) in [4.78, 5) is 36.2. The third kappa shape index (κ3) is 4.40. The molecule has 1 saturated heterocycles. The Kier molecular flexibility index (Phi) is 4.87. The van der Waals surface area contributed by atoms with Gasteiger partial charge in [0, 0.05) is 31.9 Å². The number of hydrogen-bond acceptors (Lipinski definition) is 5. The van der Waals surface area contributed by atoms with E-state index in [1.54, 1.807) is 16.0 Å². The zero-order valence-corrected chi connectivity index (χ0v) is 14.4. The largest absolute Gasteiger partial charge is 0.444 e. The van der Waals surface area contributed by atoms with Gasteiger partial charge in [0.2, 0.25) is 0 Å². The third-order valence-corrected chi connectivity index (χ3v) is 3.54. The monoisotopic (exact) mass is 320 g/mol. The maximum atomic E-state index is 12.5. The molecule has 1 aliphatic heterocycles. The lowest BCUT2D eigenvalue weighted by atomic mass is 10.2. The average Bonchev–Trinajstić information content (AvgIpc) is 2.45. The lowest BCUT2D eigenvalue weighted by Gasteiger charge is -2.40. The van der Waals surface area contributed by atoms with Crippen molar-refractivity contribution in [1.29, 1.82) is 0 Å². The molecule has 23 heavy (non-hydrogen) atoms. The van der Waals surface area contributed by atoms with Crippen LogP contribution in [0.15, 0.2) is 12.4 Å². The van der Waals surface area contributed by atoms with Gasteiger partial charge in [-0.15, -0.1) is 0 Å². The standard InChI is InChI=1S/C16H24N4O3/c1-11-8-18-13(9-17-11)14(21)19-6-7-20(12(2)10-19)15(22)23-16(3,4)5/h8-9,12H,6-7,10H2,1-5H3/t12-/m0/s1. The lowest BCUT2D eigenvalue weighted by Crippen LogP contribution is -2.56. The Morgan fingerprint density at radius 1 is 1.22 bits per heavy atom. The highest BCUT2D eigenvalue weighted by Crippen LogP contribution is 2.16. The van der Waals surface area contributed by atoms with Crippen molar-refractivity contribution < 1.29 is 14.3 Å². The van der Waals surface area contributed by atoms with Crippen molar-refractivity contribution in [3.63, 3.8) is 0 Å². The highest BCUT2D eigenvalue weighted by atomic mass is 16.6. The number of rotatable bonds is 1. The van der Waals surface area contributed by atoms with E-state index in [1.165, 1.54) is 6.20 Å². The van der Waals surface area contributed by atoms with Gasteiger partial charge in [-0.25, -0.2) is 9.78 Å². The zero-order valence-electron chi connectivity index (χ0n) is 14.4. The number of aryl methyl sites for hydroxylation is 1. The van der Waals surface area contributed by atoms with Crippen LogP contribution in [0.25, 0.3) is 0 Å². The number of nitrogens with zero attached hydrogens (tertiary/aromatic N) is 4. The van der Waals surface area contributed by atoms with E-state index < -0.39 is 5.60 Å². The van der Waals surface area contributed by atoms with Crippen molar-refractivity contribution in [3.8, 4) is 0 Å². The predicted octanol–water partition coefficient (Wildman–Crippen LogP) is 1.87. The highest BCUT2D eigenvalue weighted by Gasteiger charge is 2.33. The molecule has 1 aromatic heterocycles. The minimum absolute atomic E-state index is 0.110. The summed E-state index contributed by atoms with van der Waals surface area (Å²) in [7, 11) is 0. The summed E-state index contributed by atoms with van der Waals surface area (Å²) < 4.78 is 5.40. The van der Waals surface area contributed by atoms with E-state index in [-0.39, 0.29) is 18.0 Å². The number of ether oxygens (including phenoxy) is 1. The van der Waals surface area contributed by atoms with Crippen molar-refractivity contribution in [2.75, 3.05) is 19.6 Å². The van der Waals surface area contributed by atoms with Gasteiger partial charge >= 0.3 is 6.09 Å². The normalized spacial score (nSPS) is 18.7. The van der Waals surface area contributed by atoms with E-state index in [9.17, 15) is 9.59 Å². The molecular weight excluding hydrogens is 296 g/mol. The topological polar surface area (TPSA) is 75.6 Å². The van der Waals surface area contributed by atoms with Crippen molar-refractivity contribution in [1.82, 2.24) is 19.8 Å². The maximum Gasteiger partial charge on any atom is 0.410 e. The molecule has 1 fully saturated rings. The molecule has 0 bridgehead atoms. The second kappa shape index (κ2) is 6.52. The summed E-state index contributed by atoms with van der Waals surface area (Å²) in [5.74, 6) is -0.159. The summed E-state index contributed by atoms with van der Waals surface area (Å²) in [5, 5.41) is 0. The Bertz CT molecular complexity index is 580. The summed E-state index contributed by atoms with van der Waals surface area (Å²) >= 11 is 0. The van der Waals surface area contributed by atoms with Crippen molar-refractivity contribution in [3.05, 3.63) is 23.8 Å². The van der Waals surface area contributed by atoms with Gasteiger partial charge in [0.05, 0.1) is 11.9 Å². The predicted molar refractivity (Wildman–Crippen MR) is 85.1 cm³/mol. The van der Waals surface area contributed by atoms with Crippen LogP contribution < -0.4 is 0 Å². The second-order valence-electron chi connectivity index (χ2n) is 6.82. The van der Waals surface area contributed by atoms with Gasteiger partial charge in [0.25, 0.3) is 5.91 Å². The van der Waals surface area contributed by atoms with Crippen LogP contribution in [0, 0.1) is 6.92 Å². The van der Waals surface area contributed by atoms with Gasteiger partial charge in [-0.05, 0) is 34.6 Å². The molecule has 1 aromatic rings. The quantitative estimate of drug-likeness (QED) is 0.789. The fourth-order valence-electron chi connectivity index (χ4n) is 2.40. The molecule has 7 nitrogen and oxygen atoms in total. The molecule has 0 spiro atoms. The average molecular weight is 320 g/mol. The van der Waals surface area contributed by atoms with E-state index in [4.69, 9.17) is 4.74 Å². The van der Waals surface area contributed by atoms with E-state index in [0.29, 0.717) is 25.3 Å². The van der Waals surface area contributed by atoms with Gasteiger partial charge in [0.1, 0.15) is 11.3 Å². The van der Waals surface area contributed by atoms with Crippen LogP contribution in [0.3, 0.4) is 0 Å². The van der Waals surface area contributed by atoms with Crippen LogP contribution in [0.2, 0.25) is 0 Å². The molecule has 7 heteroatoms. The van der Waals surface area contributed by atoms with Gasteiger partial charge in [0.15, 0.2) is 0 Å². The molecule has 0 unspecified atom stereocenters. The fraction of sp³-hybridized carbons (Fsp3) is 0.625. The van der Waals surface area contributed by atoms with E-state index >= 15 is 0 Å². The van der Waals surface area contributed by atoms with Crippen LogP contribution in [-0.2, 0) is 4.74 Å². The molecular formula is C16H24N4O3. The van der Waals surface area contributed by atoms with Gasteiger partial charge in [-0.2, -0.15) is 0 Å². The van der Waals surface area contributed by atoms with Crippen molar-refractivity contribution >= 4 is 12.0 Å². The SMILES string of the molecule is Cc1cnc(C(=O)N2CCN(C(=O)OC(C)(C)C)[C@@H](C)C2)cn1. The number of hydrogen-bond donors (Lipinski definition) is 0. The summed E-state index contributed by atoms with van der Waals surface area (Å²) in [6.07, 6.45) is 2.73. The Labute approximate surface area is 136 Å². The minimum Gasteiger partial charge on any atom is -0.444 e. The molecule has 1 atom stereocenters. The molecule has 126 valence electrons. The number of piperazine rings is 1. The van der Waals surface area contributed by atoms with E-state index in [0.717, 1.165) is 5.69 Å². The molecule has 0 N–H and O–H groups in total. The molecule has 0 aliphatic carbocycles. The first-order chi connectivity index (χ1) is 10.7. The van der Waals surface area contributed by atoms with Crippen molar-refractivity contribution in [2.45, 2.75) is 46.3 Å².